The van der Waals surface area contributed by atoms with Crippen LogP contribution in [-0.2, 0) is 0 Å². The first-order valence-corrected chi connectivity index (χ1v) is 6.32. The fourth-order valence-electron chi connectivity index (χ4n) is 1.86. The van der Waals surface area contributed by atoms with Gasteiger partial charge in [0.2, 0.25) is 0 Å². The van der Waals surface area contributed by atoms with Crippen LogP contribution in [0.1, 0.15) is 23.7 Å². The van der Waals surface area contributed by atoms with Crippen LogP contribution in [-0.4, -0.2) is 49.1 Å². The van der Waals surface area contributed by atoms with E-state index in [1.165, 1.54) is 19.2 Å². The van der Waals surface area contributed by atoms with Crippen LogP contribution in [0.5, 0.6) is 5.75 Å². The molecule has 0 saturated heterocycles. The van der Waals surface area contributed by atoms with E-state index in [1.807, 2.05) is 11.8 Å². The lowest BCUT2D eigenvalue weighted by molar-refractivity contribution is 0.0914. The van der Waals surface area contributed by atoms with E-state index in [0.29, 0.717) is 12.1 Å². The Morgan fingerprint density at radius 2 is 2.16 bits per heavy atom. The molecule has 0 amide bonds. The van der Waals surface area contributed by atoms with E-state index in [-0.39, 0.29) is 24.7 Å². The molecule has 1 rings (SSSR count). The molecule has 0 aliphatic carbocycles. The molecule has 5 heteroatoms. The summed E-state index contributed by atoms with van der Waals surface area (Å²) in [6, 6.07) is 4.18. The topological polar surface area (TPSA) is 49.8 Å². The standard InChI is InChI=1S/C14H20FNO3/c1-3-6-16(7-8-17)10-13(18)11-4-5-14(19-2)12(15)9-11/h4-5,9,17H,3,6-8,10H2,1-2H3. The lowest BCUT2D eigenvalue weighted by atomic mass is 10.1. The van der Waals surface area contributed by atoms with E-state index >= 15 is 0 Å². The summed E-state index contributed by atoms with van der Waals surface area (Å²) in [6.45, 7) is 3.36. The van der Waals surface area contributed by atoms with E-state index in [4.69, 9.17) is 9.84 Å². The number of aliphatic hydroxyl groups excluding tert-OH is 1. The van der Waals surface area contributed by atoms with Crippen molar-refractivity contribution in [1.82, 2.24) is 4.90 Å². The van der Waals surface area contributed by atoms with Gasteiger partial charge in [-0.25, -0.2) is 4.39 Å². The maximum absolute atomic E-state index is 13.5. The maximum Gasteiger partial charge on any atom is 0.176 e. The summed E-state index contributed by atoms with van der Waals surface area (Å²) in [7, 11) is 1.38. The molecule has 1 aromatic carbocycles. The predicted molar refractivity (Wildman–Crippen MR) is 71.1 cm³/mol. The Kier molecular flexibility index (Phi) is 6.45. The van der Waals surface area contributed by atoms with Gasteiger partial charge in [0.05, 0.1) is 20.3 Å². The predicted octanol–water partition coefficient (Wildman–Crippen LogP) is 1.72. The van der Waals surface area contributed by atoms with Crippen molar-refractivity contribution in [2.75, 3.05) is 33.4 Å². The zero-order chi connectivity index (χ0) is 14.3. The molecule has 0 atom stereocenters. The lowest BCUT2D eigenvalue weighted by Crippen LogP contribution is -2.33. The van der Waals surface area contributed by atoms with Gasteiger partial charge >= 0.3 is 0 Å². The minimum atomic E-state index is -0.544. The fraction of sp³-hybridized carbons (Fsp3) is 0.500. The highest BCUT2D eigenvalue weighted by atomic mass is 19.1. The second-order valence-corrected chi connectivity index (χ2v) is 4.27. The van der Waals surface area contributed by atoms with Gasteiger partial charge in [-0.05, 0) is 31.2 Å². The zero-order valence-electron chi connectivity index (χ0n) is 11.4. The molecule has 0 aliphatic heterocycles. The van der Waals surface area contributed by atoms with Crippen LogP contribution in [0.3, 0.4) is 0 Å². The molecule has 0 unspecified atom stereocenters. The first kappa shape index (κ1) is 15.6. The second-order valence-electron chi connectivity index (χ2n) is 4.27. The summed E-state index contributed by atoms with van der Waals surface area (Å²) in [6.07, 6.45) is 0.893. The third-order valence-corrected chi connectivity index (χ3v) is 2.80. The Labute approximate surface area is 112 Å². The van der Waals surface area contributed by atoms with Crippen LogP contribution in [0, 0.1) is 5.82 Å². The van der Waals surface area contributed by atoms with E-state index in [2.05, 4.69) is 0 Å². The van der Waals surface area contributed by atoms with E-state index in [0.717, 1.165) is 13.0 Å². The Hall–Kier alpha value is -1.46. The van der Waals surface area contributed by atoms with Gasteiger partial charge in [-0.2, -0.15) is 0 Å². The third kappa shape index (κ3) is 4.61. The Morgan fingerprint density at radius 3 is 2.68 bits per heavy atom. The molecule has 0 saturated carbocycles. The normalized spacial score (nSPS) is 10.8. The summed E-state index contributed by atoms with van der Waals surface area (Å²) in [5.74, 6) is -0.585. The number of nitrogens with zero attached hydrogens (tertiary/aromatic N) is 1. The average molecular weight is 269 g/mol. The van der Waals surface area contributed by atoms with Crippen molar-refractivity contribution in [2.24, 2.45) is 0 Å². The van der Waals surface area contributed by atoms with Gasteiger partial charge in [0, 0.05) is 12.1 Å². The van der Waals surface area contributed by atoms with E-state index < -0.39 is 5.82 Å². The minimum absolute atomic E-state index is 0.00422. The van der Waals surface area contributed by atoms with Gasteiger partial charge < -0.3 is 9.84 Å². The maximum atomic E-state index is 13.5. The number of carbonyl (C=O) groups is 1. The van der Waals surface area contributed by atoms with Crippen molar-refractivity contribution in [3.63, 3.8) is 0 Å². The summed E-state index contributed by atoms with van der Waals surface area (Å²) >= 11 is 0. The van der Waals surface area contributed by atoms with Crippen molar-refractivity contribution in [2.45, 2.75) is 13.3 Å². The van der Waals surface area contributed by atoms with Crippen molar-refractivity contribution in [3.05, 3.63) is 29.6 Å². The molecule has 19 heavy (non-hydrogen) atoms. The van der Waals surface area contributed by atoms with Crippen LogP contribution < -0.4 is 4.74 Å². The molecule has 0 aromatic heterocycles. The highest BCUT2D eigenvalue weighted by molar-refractivity contribution is 5.97. The van der Waals surface area contributed by atoms with Crippen molar-refractivity contribution in [1.29, 1.82) is 0 Å². The van der Waals surface area contributed by atoms with Gasteiger partial charge in [-0.15, -0.1) is 0 Å². The second kappa shape index (κ2) is 7.86. The molecule has 0 spiro atoms. The highest BCUT2D eigenvalue weighted by Crippen LogP contribution is 2.18. The van der Waals surface area contributed by atoms with Gasteiger partial charge in [0.25, 0.3) is 0 Å². The SMILES string of the molecule is CCCN(CCO)CC(=O)c1ccc(OC)c(F)c1. The molecule has 0 radical (unpaired) electrons. The van der Waals surface area contributed by atoms with Crippen LogP contribution >= 0.6 is 0 Å². The van der Waals surface area contributed by atoms with Gasteiger partial charge in [-0.1, -0.05) is 6.92 Å². The number of rotatable bonds is 8. The number of carbonyl (C=O) groups excluding carboxylic acids is 1. The minimum Gasteiger partial charge on any atom is -0.494 e. The quantitative estimate of drug-likeness (QED) is 0.730. The summed E-state index contributed by atoms with van der Waals surface area (Å²) in [5, 5.41) is 8.93. The molecular formula is C14H20FNO3. The Morgan fingerprint density at radius 1 is 1.42 bits per heavy atom. The van der Waals surface area contributed by atoms with Crippen molar-refractivity contribution < 1.29 is 19.0 Å². The molecule has 106 valence electrons. The number of halogens is 1. The number of aliphatic hydroxyl groups is 1. The van der Waals surface area contributed by atoms with Crippen LogP contribution in [0.2, 0.25) is 0 Å². The smallest absolute Gasteiger partial charge is 0.176 e. The van der Waals surface area contributed by atoms with Crippen LogP contribution in [0.15, 0.2) is 18.2 Å². The molecule has 0 heterocycles. The molecule has 0 fully saturated rings. The Balaban J connectivity index is 2.73. The Bertz CT molecular complexity index is 417. The monoisotopic (exact) mass is 269 g/mol. The molecule has 4 nitrogen and oxygen atoms in total. The van der Waals surface area contributed by atoms with Gasteiger partial charge in [0.1, 0.15) is 0 Å². The molecule has 0 aliphatic rings. The third-order valence-electron chi connectivity index (χ3n) is 2.80. The van der Waals surface area contributed by atoms with E-state index in [9.17, 15) is 9.18 Å². The molecule has 1 N–H and O–H groups in total. The van der Waals surface area contributed by atoms with E-state index in [1.54, 1.807) is 6.07 Å². The number of hydrogen-bond donors (Lipinski definition) is 1. The number of hydrogen-bond acceptors (Lipinski definition) is 4. The van der Waals surface area contributed by atoms with Gasteiger partial charge in [0.15, 0.2) is 17.3 Å². The molecule has 0 bridgehead atoms. The lowest BCUT2D eigenvalue weighted by Gasteiger charge is -2.19. The van der Waals surface area contributed by atoms with Crippen molar-refractivity contribution >= 4 is 5.78 Å². The number of ketones is 1. The highest BCUT2D eigenvalue weighted by Gasteiger charge is 2.13. The van der Waals surface area contributed by atoms with Crippen molar-refractivity contribution in [3.8, 4) is 5.75 Å². The number of benzene rings is 1. The van der Waals surface area contributed by atoms with Gasteiger partial charge in [-0.3, -0.25) is 9.69 Å². The van der Waals surface area contributed by atoms with Crippen LogP contribution in [0.25, 0.3) is 0 Å². The summed E-state index contributed by atoms with van der Waals surface area (Å²) < 4.78 is 18.3. The molecular weight excluding hydrogens is 249 g/mol. The number of Topliss-reactive ketones (excluding diaryl/α,β-unsaturated/α-hetero) is 1. The number of methoxy groups -OCH3 is 1. The zero-order valence-corrected chi connectivity index (χ0v) is 11.4. The summed E-state index contributed by atoms with van der Waals surface area (Å²) in [5.41, 5.74) is 0.317. The average Bonchev–Trinajstić information content (AvgIpc) is 2.39. The fourth-order valence-corrected chi connectivity index (χ4v) is 1.86. The summed E-state index contributed by atoms with van der Waals surface area (Å²) in [4.78, 5) is 13.9. The number of ether oxygens (including phenoxy) is 1. The molecule has 1 aromatic rings. The largest absolute Gasteiger partial charge is 0.494 e. The first-order chi connectivity index (χ1) is 9.12. The first-order valence-electron chi connectivity index (χ1n) is 6.32. The van der Waals surface area contributed by atoms with Crippen LogP contribution in [0.4, 0.5) is 4.39 Å².